The van der Waals surface area contributed by atoms with Gasteiger partial charge < -0.3 is 10.6 Å². The zero-order valence-corrected chi connectivity index (χ0v) is 11.6. The fraction of sp³-hybridized carbons (Fsp3) is 0.769. The predicted octanol–water partition coefficient (Wildman–Crippen LogP) is 1.09. The Morgan fingerprint density at radius 3 is 2.68 bits per heavy atom. The van der Waals surface area contributed by atoms with Crippen LogP contribution in [-0.4, -0.2) is 38.9 Å². The molecule has 1 unspecified atom stereocenters. The summed E-state index contributed by atoms with van der Waals surface area (Å²) in [4.78, 5) is 14.1. The van der Waals surface area contributed by atoms with Crippen molar-refractivity contribution < 1.29 is 4.79 Å². The molecule has 1 amide bonds. The molecule has 1 aliphatic rings. The number of carbonyl (C=O) groups excluding carboxylic acids is 1. The third-order valence-corrected chi connectivity index (χ3v) is 3.63. The highest BCUT2D eigenvalue weighted by atomic mass is 16.2. The molecule has 0 aromatic carbocycles. The first-order valence-electron chi connectivity index (χ1n) is 7.14. The van der Waals surface area contributed by atoms with E-state index in [0.29, 0.717) is 0 Å². The summed E-state index contributed by atoms with van der Waals surface area (Å²) in [7, 11) is 0. The van der Waals surface area contributed by atoms with Crippen molar-refractivity contribution >= 4 is 5.91 Å². The maximum absolute atomic E-state index is 12.2. The van der Waals surface area contributed by atoms with Crippen molar-refractivity contribution in [1.82, 2.24) is 19.9 Å². The van der Waals surface area contributed by atoms with Gasteiger partial charge in [-0.3, -0.25) is 4.79 Å². The van der Waals surface area contributed by atoms with Crippen molar-refractivity contribution in [1.29, 1.82) is 0 Å². The van der Waals surface area contributed by atoms with Crippen molar-refractivity contribution in [2.75, 3.05) is 13.1 Å². The summed E-state index contributed by atoms with van der Waals surface area (Å²) in [6.45, 7) is 4.01. The molecule has 0 bridgehead atoms. The number of carbonyl (C=O) groups is 1. The molecule has 0 saturated carbocycles. The second-order valence-corrected chi connectivity index (χ2v) is 5.15. The van der Waals surface area contributed by atoms with Crippen molar-refractivity contribution in [2.24, 2.45) is 5.73 Å². The van der Waals surface area contributed by atoms with E-state index in [9.17, 15) is 4.79 Å². The third-order valence-electron chi connectivity index (χ3n) is 3.63. The lowest BCUT2D eigenvalue weighted by molar-refractivity contribution is -0.132. The molecule has 0 aliphatic carbocycles. The van der Waals surface area contributed by atoms with Gasteiger partial charge >= 0.3 is 0 Å². The quantitative estimate of drug-likeness (QED) is 0.884. The van der Waals surface area contributed by atoms with Crippen molar-refractivity contribution in [3.05, 3.63) is 11.9 Å². The van der Waals surface area contributed by atoms with Crippen molar-refractivity contribution in [3.8, 4) is 0 Å². The van der Waals surface area contributed by atoms with Crippen LogP contribution in [0.5, 0.6) is 0 Å². The molecule has 6 nitrogen and oxygen atoms in total. The van der Waals surface area contributed by atoms with Crippen LogP contribution in [0.1, 0.15) is 50.8 Å². The van der Waals surface area contributed by atoms with Gasteiger partial charge in [0, 0.05) is 13.1 Å². The number of nitrogens with two attached hydrogens (primary N) is 1. The zero-order chi connectivity index (χ0) is 13.7. The molecule has 1 fully saturated rings. The van der Waals surface area contributed by atoms with Crippen LogP contribution in [0.2, 0.25) is 0 Å². The van der Waals surface area contributed by atoms with Crippen LogP contribution < -0.4 is 5.73 Å². The predicted molar refractivity (Wildman–Crippen MR) is 72.3 cm³/mol. The van der Waals surface area contributed by atoms with Gasteiger partial charge in [0.25, 0.3) is 0 Å². The van der Waals surface area contributed by atoms with E-state index in [4.69, 9.17) is 5.73 Å². The summed E-state index contributed by atoms with van der Waals surface area (Å²) in [6, 6.07) is -0.0953. The van der Waals surface area contributed by atoms with Crippen LogP contribution in [0.3, 0.4) is 0 Å². The fourth-order valence-electron chi connectivity index (χ4n) is 2.33. The van der Waals surface area contributed by atoms with E-state index in [1.54, 1.807) is 10.9 Å². The standard InChI is InChI=1S/C13H23N5O/c1-2-11(14)12-9-18(16-15-12)10-13(19)17-7-5-3-4-6-8-17/h9,11H,2-8,10,14H2,1H3. The lowest BCUT2D eigenvalue weighted by Gasteiger charge is -2.19. The molecule has 1 aliphatic heterocycles. The molecule has 6 heteroatoms. The van der Waals surface area contributed by atoms with Crippen LogP contribution >= 0.6 is 0 Å². The van der Waals surface area contributed by atoms with Gasteiger partial charge in [0.05, 0.1) is 17.9 Å². The number of likely N-dealkylation sites (tertiary alicyclic amines) is 1. The largest absolute Gasteiger partial charge is 0.341 e. The Labute approximate surface area is 113 Å². The van der Waals surface area contributed by atoms with E-state index in [-0.39, 0.29) is 18.5 Å². The Hall–Kier alpha value is -1.43. The van der Waals surface area contributed by atoms with E-state index < -0.39 is 0 Å². The van der Waals surface area contributed by atoms with Crippen LogP contribution in [0.4, 0.5) is 0 Å². The van der Waals surface area contributed by atoms with Gasteiger partial charge in [-0.1, -0.05) is 25.0 Å². The number of nitrogens with zero attached hydrogens (tertiary/aromatic N) is 4. The molecule has 19 heavy (non-hydrogen) atoms. The molecular weight excluding hydrogens is 242 g/mol. The average molecular weight is 265 g/mol. The van der Waals surface area contributed by atoms with Gasteiger partial charge in [0.15, 0.2) is 0 Å². The monoisotopic (exact) mass is 265 g/mol. The molecule has 2 rings (SSSR count). The lowest BCUT2D eigenvalue weighted by atomic mass is 10.2. The summed E-state index contributed by atoms with van der Waals surface area (Å²) in [6.07, 6.45) is 7.26. The first-order valence-corrected chi connectivity index (χ1v) is 7.14. The molecule has 106 valence electrons. The van der Waals surface area contributed by atoms with Crippen LogP contribution in [0.15, 0.2) is 6.20 Å². The minimum atomic E-state index is -0.0953. The Morgan fingerprint density at radius 1 is 1.37 bits per heavy atom. The van der Waals surface area contributed by atoms with Gasteiger partial charge in [0.2, 0.25) is 5.91 Å². The second kappa shape index (κ2) is 6.65. The van der Waals surface area contributed by atoms with E-state index >= 15 is 0 Å². The summed E-state index contributed by atoms with van der Waals surface area (Å²) < 4.78 is 1.60. The first-order chi connectivity index (χ1) is 9.20. The summed E-state index contributed by atoms with van der Waals surface area (Å²) in [5.41, 5.74) is 6.65. The van der Waals surface area contributed by atoms with Gasteiger partial charge in [-0.15, -0.1) is 5.10 Å². The van der Waals surface area contributed by atoms with Gasteiger partial charge in [-0.25, -0.2) is 4.68 Å². The highest BCUT2D eigenvalue weighted by Gasteiger charge is 2.17. The fourth-order valence-corrected chi connectivity index (χ4v) is 2.33. The summed E-state index contributed by atoms with van der Waals surface area (Å²) in [5, 5.41) is 8.00. The minimum Gasteiger partial charge on any atom is -0.341 e. The lowest BCUT2D eigenvalue weighted by Crippen LogP contribution is -2.34. The number of hydrogen-bond donors (Lipinski definition) is 1. The van der Waals surface area contributed by atoms with Gasteiger partial charge in [0.1, 0.15) is 6.54 Å². The topological polar surface area (TPSA) is 77.0 Å². The molecule has 1 aromatic heterocycles. The number of rotatable bonds is 4. The van der Waals surface area contributed by atoms with Crippen LogP contribution in [-0.2, 0) is 11.3 Å². The smallest absolute Gasteiger partial charge is 0.244 e. The summed E-state index contributed by atoms with van der Waals surface area (Å²) in [5.74, 6) is 0.128. The Bertz CT molecular complexity index is 409. The Kier molecular flexibility index (Phi) is 4.90. The number of hydrogen-bond acceptors (Lipinski definition) is 4. The van der Waals surface area contributed by atoms with Crippen LogP contribution in [0.25, 0.3) is 0 Å². The molecular formula is C13H23N5O. The molecule has 0 radical (unpaired) electrons. The highest BCUT2D eigenvalue weighted by molar-refractivity contribution is 5.75. The number of amides is 1. The zero-order valence-electron chi connectivity index (χ0n) is 11.6. The molecule has 2 N–H and O–H groups in total. The highest BCUT2D eigenvalue weighted by Crippen LogP contribution is 2.11. The van der Waals surface area contributed by atoms with Gasteiger partial charge in [-0.2, -0.15) is 0 Å². The molecule has 1 atom stereocenters. The van der Waals surface area contributed by atoms with Crippen molar-refractivity contribution in [3.63, 3.8) is 0 Å². The maximum atomic E-state index is 12.2. The average Bonchev–Trinajstić information content (AvgIpc) is 2.71. The van der Waals surface area contributed by atoms with E-state index in [1.807, 2.05) is 11.8 Å². The third kappa shape index (κ3) is 3.76. The molecule has 2 heterocycles. The summed E-state index contributed by atoms with van der Waals surface area (Å²) >= 11 is 0. The molecule has 1 saturated heterocycles. The van der Waals surface area contributed by atoms with Gasteiger partial charge in [-0.05, 0) is 19.3 Å². The Balaban J connectivity index is 1.92. The normalized spacial score (nSPS) is 18.1. The maximum Gasteiger partial charge on any atom is 0.244 e. The van der Waals surface area contributed by atoms with Crippen LogP contribution in [0, 0.1) is 0 Å². The minimum absolute atomic E-state index is 0.0953. The SMILES string of the molecule is CCC(N)c1cn(CC(=O)N2CCCCCC2)nn1. The van der Waals surface area contributed by atoms with E-state index in [0.717, 1.165) is 38.0 Å². The Morgan fingerprint density at radius 2 is 2.05 bits per heavy atom. The van der Waals surface area contributed by atoms with Crippen molar-refractivity contribution in [2.45, 2.75) is 51.6 Å². The van der Waals surface area contributed by atoms with E-state index in [2.05, 4.69) is 10.3 Å². The first kappa shape index (κ1) is 14.0. The van der Waals surface area contributed by atoms with E-state index in [1.165, 1.54) is 12.8 Å². The number of aromatic nitrogens is 3. The second-order valence-electron chi connectivity index (χ2n) is 5.15. The molecule has 0 spiro atoms. The molecule has 1 aromatic rings.